The Morgan fingerprint density at radius 2 is 1.74 bits per heavy atom. The Labute approximate surface area is 119 Å². The van der Waals surface area contributed by atoms with Gasteiger partial charge in [-0.05, 0) is 53.3 Å². The first-order valence-corrected chi connectivity index (χ1v) is 7.43. The summed E-state index contributed by atoms with van der Waals surface area (Å²) in [6.07, 6.45) is 5.21. The van der Waals surface area contributed by atoms with Gasteiger partial charge in [-0.2, -0.15) is 0 Å². The van der Waals surface area contributed by atoms with E-state index >= 15 is 0 Å². The molecule has 2 aromatic rings. The van der Waals surface area contributed by atoms with E-state index in [1.165, 1.54) is 42.0 Å². The number of alkyl halides is 1. The first-order chi connectivity index (χ1) is 9.28. The van der Waals surface area contributed by atoms with Gasteiger partial charge in [-0.1, -0.05) is 31.0 Å². The summed E-state index contributed by atoms with van der Waals surface area (Å²) in [5.74, 6) is 1.55. The van der Waals surface area contributed by atoms with Crippen molar-refractivity contribution in [3.05, 3.63) is 42.0 Å². The van der Waals surface area contributed by atoms with Crippen molar-refractivity contribution in [3.8, 4) is 5.75 Å². The summed E-state index contributed by atoms with van der Waals surface area (Å²) in [5.41, 5.74) is 1.26. The zero-order valence-corrected chi connectivity index (χ0v) is 12.0. The van der Waals surface area contributed by atoms with Gasteiger partial charge < -0.3 is 4.74 Å². The van der Waals surface area contributed by atoms with Gasteiger partial charge >= 0.3 is 0 Å². The predicted octanol–water partition coefficient (Wildman–Crippen LogP) is 5.32. The van der Waals surface area contributed by atoms with Crippen LogP contribution < -0.4 is 4.74 Å². The predicted molar refractivity (Wildman–Crippen MR) is 81.1 cm³/mol. The van der Waals surface area contributed by atoms with Crippen molar-refractivity contribution in [2.24, 2.45) is 5.92 Å². The van der Waals surface area contributed by atoms with Crippen molar-refractivity contribution in [2.75, 3.05) is 7.11 Å². The van der Waals surface area contributed by atoms with Crippen LogP contribution in [0.5, 0.6) is 5.75 Å². The molecule has 1 aliphatic rings. The molecule has 3 rings (SSSR count). The second kappa shape index (κ2) is 5.42. The molecule has 1 atom stereocenters. The maximum atomic E-state index is 6.65. The lowest BCUT2D eigenvalue weighted by molar-refractivity contribution is 0.415. The maximum absolute atomic E-state index is 6.65. The molecular formula is C17H19ClO. The Bertz CT molecular complexity index is 572. The number of fused-ring (bicyclic) bond motifs is 1. The lowest BCUT2D eigenvalue weighted by Crippen LogP contribution is -2.03. The van der Waals surface area contributed by atoms with Crippen molar-refractivity contribution < 1.29 is 4.74 Å². The van der Waals surface area contributed by atoms with Crippen LogP contribution in [0.3, 0.4) is 0 Å². The van der Waals surface area contributed by atoms with Crippen molar-refractivity contribution in [1.29, 1.82) is 0 Å². The number of hydrogen-bond acceptors (Lipinski definition) is 1. The molecule has 2 heteroatoms. The highest BCUT2D eigenvalue weighted by Crippen LogP contribution is 2.40. The molecule has 1 unspecified atom stereocenters. The smallest absolute Gasteiger partial charge is 0.119 e. The van der Waals surface area contributed by atoms with Crippen LogP contribution >= 0.6 is 11.6 Å². The molecule has 1 aliphatic carbocycles. The number of ether oxygens (including phenoxy) is 1. The molecule has 0 saturated heterocycles. The molecular weight excluding hydrogens is 256 g/mol. The molecule has 1 nitrogen and oxygen atoms in total. The van der Waals surface area contributed by atoms with Gasteiger partial charge in [0.1, 0.15) is 5.75 Å². The number of rotatable bonds is 3. The summed E-state index contributed by atoms with van der Waals surface area (Å²) in [6, 6.07) is 12.7. The minimum absolute atomic E-state index is 0.161. The van der Waals surface area contributed by atoms with Crippen molar-refractivity contribution in [1.82, 2.24) is 0 Å². The number of benzene rings is 2. The van der Waals surface area contributed by atoms with E-state index in [2.05, 4.69) is 30.3 Å². The molecule has 0 bridgehead atoms. The molecule has 0 radical (unpaired) electrons. The van der Waals surface area contributed by atoms with Crippen LogP contribution in [0.2, 0.25) is 0 Å². The fourth-order valence-corrected chi connectivity index (χ4v) is 3.45. The highest BCUT2D eigenvalue weighted by atomic mass is 35.5. The van der Waals surface area contributed by atoms with Crippen LogP contribution in [0.25, 0.3) is 10.8 Å². The fraction of sp³-hybridized carbons (Fsp3) is 0.412. The number of methoxy groups -OCH3 is 1. The van der Waals surface area contributed by atoms with E-state index in [1.54, 1.807) is 7.11 Å². The molecule has 0 aromatic heterocycles. The summed E-state index contributed by atoms with van der Waals surface area (Å²) in [7, 11) is 1.70. The molecule has 1 fully saturated rings. The second-order valence-corrected chi connectivity index (χ2v) is 5.89. The third-order valence-corrected chi connectivity index (χ3v) is 4.81. The second-order valence-electron chi connectivity index (χ2n) is 5.42. The topological polar surface area (TPSA) is 9.23 Å². The third-order valence-electron chi connectivity index (χ3n) is 4.20. The van der Waals surface area contributed by atoms with Crippen LogP contribution in [0, 0.1) is 5.92 Å². The first kappa shape index (κ1) is 12.8. The Hall–Kier alpha value is -1.21. The van der Waals surface area contributed by atoms with Crippen molar-refractivity contribution in [2.45, 2.75) is 31.1 Å². The van der Waals surface area contributed by atoms with Gasteiger partial charge in [-0.3, -0.25) is 0 Å². The lowest BCUT2D eigenvalue weighted by atomic mass is 9.95. The fourth-order valence-electron chi connectivity index (χ4n) is 3.06. The van der Waals surface area contributed by atoms with Crippen LogP contribution in [0.15, 0.2) is 36.4 Å². The van der Waals surface area contributed by atoms with Gasteiger partial charge in [-0.25, -0.2) is 0 Å². The zero-order valence-electron chi connectivity index (χ0n) is 11.2. The van der Waals surface area contributed by atoms with Crippen LogP contribution in [-0.4, -0.2) is 7.11 Å². The van der Waals surface area contributed by atoms with E-state index in [0.29, 0.717) is 5.92 Å². The van der Waals surface area contributed by atoms with E-state index in [9.17, 15) is 0 Å². The molecule has 0 spiro atoms. The molecule has 0 N–H and O–H groups in total. The van der Waals surface area contributed by atoms with E-state index in [1.807, 2.05) is 6.07 Å². The summed E-state index contributed by atoms with van der Waals surface area (Å²) >= 11 is 6.65. The molecule has 2 aromatic carbocycles. The van der Waals surface area contributed by atoms with Crippen molar-refractivity contribution in [3.63, 3.8) is 0 Å². The van der Waals surface area contributed by atoms with Crippen LogP contribution in [0.4, 0.5) is 0 Å². The Morgan fingerprint density at radius 1 is 1.05 bits per heavy atom. The monoisotopic (exact) mass is 274 g/mol. The van der Waals surface area contributed by atoms with Gasteiger partial charge in [-0.15, -0.1) is 11.6 Å². The van der Waals surface area contributed by atoms with Crippen LogP contribution in [0.1, 0.15) is 36.6 Å². The van der Waals surface area contributed by atoms with Crippen molar-refractivity contribution >= 4 is 22.4 Å². The molecule has 0 amide bonds. The number of halogens is 1. The summed E-state index contributed by atoms with van der Waals surface area (Å²) in [6.45, 7) is 0. The Balaban J connectivity index is 1.92. The van der Waals surface area contributed by atoms with E-state index < -0.39 is 0 Å². The highest BCUT2D eigenvalue weighted by Gasteiger charge is 2.24. The van der Waals surface area contributed by atoms with Gasteiger partial charge in [0.2, 0.25) is 0 Å². The summed E-state index contributed by atoms with van der Waals surface area (Å²) in [5, 5.41) is 2.61. The standard InChI is InChI=1S/C17H19ClO/c1-19-16-9-8-13-10-15(7-6-14(13)11-16)17(18)12-4-2-3-5-12/h6-12,17H,2-5H2,1H3. The largest absolute Gasteiger partial charge is 0.497 e. The molecule has 19 heavy (non-hydrogen) atoms. The van der Waals surface area contributed by atoms with Gasteiger partial charge in [0.15, 0.2) is 0 Å². The maximum Gasteiger partial charge on any atom is 0.119 e. The third kappa shape index (κ3) is 2.57. The first-order valence-electron chi connectivity index (χ1n) is 7.00. The average Bonchev–Trinajstić information content (AvgIpc) is 2.99. The quantitative estimate of drug-likeness (QED) is 0.689. The molecule has 1 saturated carbocycles. The van der Waals surface area contributed by atoms with E-state index in [-0.39, 0.29) is 5.38 Å². The Kier molecular flexibility index (Phi) is 3.65. The zero-order chi connectivity index (χ0) is 13.2. The lowest BCUT2D eigenvalue weighted by Gasteiger charge is -2.17. The molecule has 0 aliphatic heterocycles. The SMILES string of the molecule is COc1ccc2cc(C(Cl)C3CCCC3)ccc2c1. The van der Waals surface area contributed by atoms with Gasteiger partial charge in [0.25, 0.3) is 0 Å². The normalized spacial score (nSPS) is 17.8. The Morgan fingerprint density at radius 3 is 2.47 bits per heavy atom. The van der Waals surface area contributed by atoms with E-state index in [4.69, 9.17) is 16.3 Å². The minimum atomic E-state index is 0.161. The summed E-state index contributed by atoms with van der Waals surface area (Å²) < 4.78 is 5.26. The van der Waals surface area contributed by atoms with Gasteiger partial charge in [0.05, 0.1) is 12.5 Å². The molecule has 0 heterocycles. The number of hydrogen-bond donors (Lipinski definition) is 0. The highest BCUT2D eigenvalue weighted by molar-refractivity contribution is 6.21. The average molecular weight is 275 g/mol. The molecule has 100 valence electrons. The van der Waals surface area contributed by atoms with E-state index in [0.717, 1.165) is 5.75 Å². The van der Waals surface area contributed by atoms with Gasteiger partial charge in [0, 0.05) is 0 Å². The summed E-state index contributed by atoms with van der Waals surface area (Å²) in [4.78, 5) is 0. The van der Waals surface area contributed by atoms with Crippen LogP contribution in [-0.2, 0) is 0 Å². The minimum Gasteiger partial charge on any atom is -0.497 e.